The minimum absolute atomic E-state index is 0.0942. The van der Waals surface area contributed by atoms with Crippen LogP contribution in [0.15, 0.2) is 28.8 Å². The second kappa shape index (κ2) is 9.74. The monoisotopic (exact) mass is 475 g/mol. The third-order valence-corrected chi connectivity index (χ3v) is 7.01. The number of fused-ring (bicyclic) bond motifs is 1. The van der Waals surface area contributed by atoms with E-state index in [0.717, 1.165) is 17.7 Å². The van der Waals surface area contributed by atoms with Gasteiger partial charge in [-0.15, -0.1) is 11.3 Å². The summed E-state index contributed by atoms with van der Waals surface area (Å²) >= 11 is 1.35. The third kappa shape index (κ3) is 4.63. The molecule has 0 spiro atoms. The first-order valence-corrected chi connectivity index (χ1v) is 11.8. The summed E-state index contributed by atoms with van der Waals surface area (Å²) in [4.78, 5) is 64.2. The molecule has 2 N–H and O–H groups in total. The Hall–Kier alpha value is -3.21. The molecule has 0 aromatic carbocycles. The topological polar surface area (TPSA) is 131 Å². The van der Waals surface area contributed by atoms with Gasteiger partial charge in [0.1, 0.15) is 13.2 Å². The Balaban J connectivity index is 1.48. The first-order valence-electron chi connectivity index (χ1n) is 10.9. The molecule has 1 aliphatic carbocycles. The van der Waals surface area contributed by atoms with E-state index < -0.39 is 37.2 Å². The van der Waals surface area contributed by atoms with Gasteiger partial charge in [0, 0.05) is 4.88 Å². The van der Waals surface area contributed by atoms with Crippen LogP contribution in [0, 0.1) is 11.8 Å². The Morgan fingerprint density at radius 1 is 1.12 bits per heavy atom. The van der Waals surface area contributed by atoms with Gasteiger partial charge >= 0.3 is 18.0 Å². The molecule has 1 aromatic heterocycles. The van der Waals surface area contributed by atoms with Crippen molar-refractivity contribution >= 4 is 41.1 Å². The van der Waals surface area contributed by atoms with Gasteiger partial charge in [-0.05, 0) is 31.2 Å². The quantitative estimate of drug-likeness (QED) is 0.453. The van der Waals surface area contributed by atoms with Crippen LogP contribution in [0.25, 0.3) is 0 Å². The first-order chi connectivity index (χ1) is 15.9. The number of urea groups is 1. The predicted octanol–water partition coefficient (Wildman–Crippen LogP) is 1.64. The average Bonchev–Trinajstić information content (AvgIpc) is 3.41. The molecule has 1 saturated heterocycles. The minimum Gasteiger partial charge on any atom is -0.463 e. The standard InChI is InChI=1S/C22H25N3O7S/c1-2-31-21(29)17-14(23-22(30)24-18(17)15-8-5-9-33-15)11-32-16(26)10-25-19(27)12-6-3-4-7-13(12)20(25)28/h5,8-9,12-13,18H,2-4,6-7,10-11H2,1H3,(H2,23,24,30). The molecule has 4 amide bonds. The Morgan fingerprint density at radius 3 is 2.42 bits per heavy atom. The predicted molar refractivity (Wildman–Crippen MR) is 116 cm³/mol. The SMILES string of the molecule is CCOC(=O)C1=C(COC(=O)CN2C(=O)C3CCCCC3C2=O)NC(=O)NC1c1cccs1. The van der Waals surface area contributed by atoms with Crippen LogP contribution in [0.1, 0.15) is 43.5 Å². The summed E-state index contributed by atoms with van der Waals surface area (Å²) in [6.45, 7) is 0.884. The second-order valence-electron chi connectivity index (χ2n) is 8.08. The highest BCUT2D eigenvalue weighted by Crippen LogP contribution is 2.38. The Morgan fingerprint density at radius 2 is 1.82 bits per heavy atom. The van der Waals surface area contributed by atoms with Crippen LogP contribution in [-0.2, 0) is 28.7 Å². The molecule has 33 heavy (non-hydrogen) atoms. The molecule has 176 valence electrons. The van der Waals surface area contributed by atoms with Crippen molar-refractivity contribution in [2.45, 2.75) is 38.6 Å². The number of nitrogens with one attached hydrogen (secondary N) is 2. The van der Waals surface area contributed by atoms with Gasteiger partial charge in [0.05, 0.1) is 35.8 Å². The number of nitrogens with zero attached hydrogens (tertiary/aromatic N) is 1. The molecule has 3 unspecified atom stereocenters. The highest BCUT2D eigenvalue weighted by molar-refractivity contribution is 7.10. The summed E-state index contributed by atoms with van der Waals surface area (Å²) in [5, 5.41) is 7.02. The second-order valence-corrected chi connectivity index (χ2v) is 9.06. The lowest BCUT2D eigenvalue weighted by Gasteiger charge is -2.28. The van der Waals surface area contributed by atoms with E-state index in [9.17, 15) is 24.0 Å². The summed E-state index contributed by atoms with van der Waals surface area (Å²) in [7, 11) is 0. The lowest BCUT2D eigenvalue weighted by molar-refractivity contribution is -0.152. The molecule has 2 aliphatic heterocycles. The Bertz CT molecular complexity index is 980. The van der Waals surface area contributed by atoms with Gasteiger partial charge in [0.25, 0.3) is 0 Å². The van der Waals surface area contributed by atoms with Crippen LogP contribution >= 0.6 is 11.3 Å². The van der Waals surface area contributed by atoms with Crippen molar-refractivity contribution in [2.24, 2.45) is 11.8 Å². The maximum Gasteiger partial charge on any atom is 0.338 e. The lowest BCUT2D eigenvalue weighted by Crippen LogP contribution is -2.47. The number of carbonyl (C=O) groups excluding carboxylic acids is 5. The molecule has 1 aromatic rings. The van der Waals surface area contributed by atoms with E-state index in [1.807, 2.05) is 5.38 Å². The molecule has 0 radical (unpaired) electrons. The molecular weight excluding hydrogens is 450 g/mol. The largest absolute Gasteiger partial charge is 0.463 e. The van der Waals surface area contributed by atoms with Crippen molar-refractivity contribution < 1.29 is 33.4 Å². The van der Waals surface area contributed by atoms with Gasteiger partial charge in [0.2, 0.25) is 11.8 Å². The number of hydrogen-bond donors (Lipinski definition) is 2. The van der Waals surface area contributed by atoms with Crippen LogP contribution in [0.2, 0.25) is 0 Å². The van der Waals surface area contributed by atoms with Crippen LogP contribution in [0.4, 0.5) is 4.79 Å². The van der Waals surface area contributed by atoms with E-state index in [-0.39, 0.29) is 41.5 Å². The third-order valence-electron chi connectivity index (χ3n) is 6.07. The van der Waals surface area contributed by atoms with Crippen LogP contribution in [0.5, 0.6) is 0 Å². The highest BCUT2D eigenvalue weighted by Gasteiger charge is 2.48. The van der Waals surface area contributed by atoms with Crippen molar-refractivity contribution in [2.75, 3.05) is 19.8 Å². The number of likely N-dealkylation sites (tertiary alicyclic amines) is 1. The van der Waals surface area contributed by atoms with Gasteiger partial charge in [-0.2, -0.15) is 0 Å². The Labute approximate surface area is 194 Å². The van der Waals surface area contributed by atoms with Gasteiger partial charge < -0.3 is 20.1 Å². The normalized spacial score (nSPS) is 24.8. The zero-order valence-electron chi connectivity index (χ0n) is 18.1. The van der Waals surface area contributed by atoms with Gasteiger partial charge in [0.15, 0.2) is 0 Å². The van der Waals surface area contributed by atoms with Crippen molar-refractivity contribution in [3.8, 4) is 0 Å². The fraction of sp³-hybridized carbons (Fsp3) is 0.500. The van der Waals surface area contributed by atoms with Crippen molar-refractivity contribution in [1.82, 2.24) is 15.5 Å². The number of esters is 2. The molecular formula is C22H25N3O7S. The summed E-state index contributed by atoms with van der Waals surface area (Å²) in [6.07, 6.45) is 3.09. The van der Waals surface area contributed by atoms with Gasteiger partial charge in [-0.25, -0.2) is 9.59 Å². The molecule has 2 fully saturated rings. The van der Waals surface area contributed by atoms with E-state index in [1.54, 1.807) is 19.1 Å². The van der Waals surface area contributed by atoms with E-state index in [0.29, 0.717) is 17.7 Å². The van der Waals surface area contributed by atoms with Crippen molar-refractivity contribution in [3.63, 3.8) is 0 Å². The summed E-state index contributed by atoms with van der Waals surface area (Å²) in [5.41, 5.74) is 0.225. The molecule has 0 bridgehead atoms. The summed E-state index contributed by atoms with van der Waals surface area (Å²) < 4.78 is 10.4. The number of ether oxygens (including phenoxy) is 2. The van der Waals surface area contributed by atoms with Crippen molar-refractivity contribution in [3.05, 3.63) is 33.7 Å². The molecule has 4 rings (SSSR count). The zero-order chi connectivity index (χ0) is 23.5. The van der Waals surface area contributed by atoms with Crippen LogP contribution in [-0.4, -0.2) is 54.4 Å². The number of hydrogen-bond acceptors (Lipinski definition) is 8. The number of imide groups is 1. The Kier molecular flexibility index (Phi) is 6.77. The molecule has 11 heteroatoms. The minimum atomic E-state index is -0.800. The zero-order valence-corrected chi connectivity index (χ0v) is 18.9. The van der Waals surface area contributed by atoms with Gasteiger partial charge in [-0.1, -0.05) is 18.9 Å². The number of thiophene rings is 1. The van der Waals surface area contributed by atoms with Crippen LogP contribution < -0.4 is 10.6 Å². The summed E-state index contributed by atoms with van der Waals surface area (Å²) in [6, 6.07) is 2.25. The van der Waals surface area contributed by atoms with E-state index in [2.05, 4.69) is 10.6 Å². The van der Waals surface area contributed by atoms with E-state index >= 15 is 0 Å². The molecule has 1 saturated carbocycles. The van der Waals surface area contributed by atoms with Crippen LogP contribution in [0.3, 0.4) is 0 Å². The fourth-order valence-corrected chi connectivity index (χ4v) is 5.35. The van der Waals surface area contributed by atoms with E-state index in [1.165, 1.54) is 11.3 Å². The number of rotatable bonds is 7. The highest BCUT2D eigenvalue weighted by atomic mass is 32.1. The number of amides is 4. The fourth-order valence-electron chi connectivity index (χ4n) is 4.56. The smallest absolute Gasteiger partial charge is 0.338 e. The van der Waals surface area contributed by atoms with E-state index in [4.69, 9.17) is 9.47 Å². The lowest BCUT2D eigenvalue weighted by atomic mass is 9.81. The maximum absolute atomic E-state index is 12.7. The van der Waals surface area contributed by atoms with Gasteiger partial charge in [-0.3, -0.25) is 19.3 Å². The van der Waals surface area contributed by atoms with Crippen molar-refractivity contribution in [1.29, 1.82) is 0 Å². The number of carbonyl (C=O) groups is 5. The molecule has 3 heterocycles. The first kappa shape index (κ1) is 23.0. The summed E-state index contributed by atoms with van der Waals surface area (Å²) in [5.74, 6) is -2.82. The maximum atomic E-state index is 12.7. The molecule has 10 nitrogen and oxygen atoms in total. The molecule has 3 aliphatic rings. The average molecular weight is 476 g/mol. The molecule has 3 atom stereocenters.